The number of carbonyl (C=O) groups is 3. The Balaban J connectivity index is 1.14. The second-order valence-corrected chi connectivity index (χ2v) is 9.84. The van der Waals surface area contributed by atoms with Gasteiger partial charge in [0.15, 0.2) is 0 Å². The molecule has 0 spiro atoms. The molecule has 3 N–H and O–H groups in total. The summed E-state index contributed by atoms with van der Waals surface area (Å²) in [4.78, 5) is 35.9. The lowest BCUT2D eigenvalue weighted by molar-refractivity contribution is -0.143. The molecule has 0 aliphatic heterocycles. The molecule has 0 bridgehead atoms. The predicted octanol–water partition coefficient (Wildman–Crippen LogP) is 5.10. The van der Waals surface area contributed by atoms with Gasteiger partial charge >= 0.3 is 5.97 Å². The molecule has 0 radical (unpaired) electrons. The topological polar surface area (TPSA) is 114 Å². The van der Waals surface area contributed by atoms with E-state index in [0.29, 0.717) is 59.9 Å². The molecule has 3 aromatic rings. The maximum absolute atomic E-state index is 12.4. The van der Waals surface area contributed by atoms with Crippen LogP contribution >= 0.6 is 11.6 Å². The molecule has 204 valence electrons. The van der Waals surface area contributed by atoms with Crippen LogP contribution in [0, 0.1) is 5.92 Å². The Morgan fingerprint density at radius 2 is 1.26 bits per heavy atom. The zero-order chi connectivity index (χ0) is 27.6. The monoisotopic (exact) mass is 550 g/mol. The van der Waals surface area contributed by atoms with Crippen LogP contribution in [0.15, 0.2) is 72.8 Å². The third-order valence-electron chi connectivity index (χ3n) is 6.57. The molecule has 2 amide bonds. The van der Waals surface area contributed by atoms with Gasteiger partial charge in [0, 0.05) is 29.2 Å². The van der Waals surface area contributed by atoms with Crippen LogP contribution in [0.25, 0.3) is 0 Å². The fourth-order valence-electron chi connectivity index (χ4n) is 4.31. The molecule has 0 saturated heterocycles. The number of benzene rings is 3. The van der Waals surface area contributed by atoms with Crippen LogP contribution in [-0.2, 0) is 11.4 Å². The first kappa shape index (κ1) is 28.0. The molecular formula is C30H31ClN2O6. The number of hydrogen-bond acceptors (Lipinski definition) is 5. The van der Waals surface area contributed by atoms with Crippen molar-refractivity contribution < 1.29 is 29.0 Å². The minimum Gasteiger partial charge on any atom is -0.490 e. The smallest absolute Gasteiger partial charge is 0.306 e. The fraction of sp³-hybridized carbons (Fsp3) is 0.300. The van der Waals surface area contributed by atoms with Crippen LogP contribution in [0.2, 0.25) is 5.02 Å². The summed E-state index contributed by atoms with van der Waals surface area (Å²) in [6, 6.07) is 21.1. The van der Waals surface area contributed by atoms with Crippen LogP contribution in [0.4, 0.5) is 0 Å². The van der Waals surface area contributed by atoms with Gasteiger partial charge in [0.2, 0.25) is 0 Å². The fourth-order valence-corrected chi connectivity index (χ4v) is 4.44. The van der Waals surface area contributed by atoms with Gasteiger partial charge in [-0.15, -0.1) is 0 Å². The molecule has 1 aliphatic carbocycles. The highest BCUT2D eigenvalue weighted by atomic mass is 35.5. The highest BCUT2D eigenvalue weighted by molar-refractivity contribution is 6.30. The van der Waals surface area contributed by atoms with Gasteiger partial charge in [-0.3, -0.25) is 14.4 Å². The maximum Gasteiger partial charge on any atom is 0.306 e. The number of carboxylic acids is 1. The van der Waals surface area contributed by atoms with E-state index in [1.165, 1.54) is 0 Å². The highest BCUT2D eigenvalue weighted by Gasteiger charge is 2.26. The quantitative estimate of drug-likeness (QED) is 0.286. The molecule has 4 rings (SSSR count). The number of aliphatic carboxylic acids is 1. The van der Waals surface area contributed by atoms with Gasteiger partial charge < -0.3 is 25.2 Å². The molecule has 1 saturated carbocycles. The van der Waals surface area contributed by atoms with Crippen molar-refractivity contribution in [2.45, 2.75) is 38.4 Å². The average molecular weight is 551 g/mol. The van der Waals surface area contributed by atoms with E-state index >= 15 is 0 Å². The van der Waals surface area contributed by atoms with Crippen molar-refractivity contribution in [1.29, 1.82) is 0 Å². The highest BCUT2D eigenvalue weighted by Crippen LogP contribution is 2.28. The number of halogens is 1. The molecule has 1 aliphatic rings. The van der Waals surface area contributed by atoms with Crippen LogP contribution < -0.4 is 20.1 Å². The maximum atomic E-state index is 12.4. The number of carboxylic acid groups (broad SMARTS) is 1. The molecule has 0 aromatic heterocycles. The summed E-state index contributed by atoms with van der Waals surface area (Å²) in [5.41, 5.74) is 1.97. The van der Waals surface area contributed by atoms with Crippen molar-refractivity contribution in [3.63, 3.8) is 0 Å². The van der Waals surface area contributed by atoms with E-state index in [1.807, 2.05) is 12.1 Å². The van der Waals surface area contributed by atoms with E-state index in [1.54, 1.807) is 60.7 Å². The first-order chi connectivity index (χ1) is 18.9. The molecule has 3 aromatic carbocycles. The third-order valence-corrected chi connectivity index (χ3v) is 6.83. The molecule has 0 heterocycles. The van der Waals surface area contributed by atoms with Crippen LogP contribution in [0.1, 0.15) is 52.0 Å². The Bertz CT molecular complexity index is 1250. The van der Waals surface area contributed by atoms with Gasteiger partial charge in [0.25, 0.3) is 11.8 Å². The Morgan fingerprint density at radius 3 is 1.77 bits per heavy atom. The van der Waals surface area contributed by atoms with Crippen molar-refractivity contribution in [1.82, 2.24) is 10.6 Å². The van der Waals surface area contributed by atoms with E-state index in [-0.39, 0.29) is 36.9 Å². The van der Waals surface area contributed by atoms with Crippen LogP contribution in [0.5, 0.6) is 11.5 Å². The van der Waals surface area contributed by atoms with Gasteiger partial charge in [-0.1, -0.05) is 23.7 Å². The Labute approximate surface area is 232 Å². The van der Waals surface area contributed by atoms with Crippen molar-refractivity contribution in [3.8, 4) is 11.5 Å². The molecule has 1 fully saturated rings. The molecule has 0 unspecified atom stereocenters. The molecular weight excluding hydrogens is 520 g/mol. The second kappa shape index (κ2) is 13.7. The minimum absolute atomic E-state index is 0.0121. The zero-order valence-corrected chi connectivity index (χ0v) is 22.2. The lowest BCUT2D eigenvalue weighted by atomic mass is 9.87. The van der Waals surface area contributed by atoms with E-state index < -0.39 is 5.97 Å². The SMILES string of the molecule is O=C(NCCNC(=O)c1ccc(OC2CCC(C(=O)O)CC2)cc1)c1ccc(OCc2ccc(Cl)cc2)cc1. The summed E-state index contributed by atoms with van der Waals surface area (Å²) in [5.74, 6) is -0.219. The van der Waals surface area contributed by atoms with Crippen molar-refractivity contribution in [3.05, 3.63) is 94.5 Å². The van der Waals surface area contributed by atoms with E-state index in [9.17, 15) is 14.4 Å². The zero-order valence-electron chi connectivity index (χ0n) is 21.4. The van der Waals surface area contributed by atoms with Crippen LogP contribution in [-0.4, -0.2) is 42.1 Å². The predicted molar refractivity (Wildman–Crippen MR) is 147 cm³/mol. The molecule has 0 atom stereocenters. The normalized spacial score (nSPS) is 16.6. The summed E-state index contributed by atoms with van der Waals surface area (Å²) in [7, 11) is 0. The first-order valence-electron chi connectivity index (χ1n) is 12.9. The summed E-state index contributed by atoms with van der Waals surface area (Å²) in [6.45, 7) is 0.950. The number of carbonyl (C=O) groups excluding carboxylic acids is 2. The van der Waals surface area contributed by atoms with Crippen molar-refractivity contribution >= 4 is 29.4 Å². The summed E-state index contributed by atoms with van der Waals surface area (Å²) >= 11 is 5.89. The van der Waals surface area contributed by atoms with Gasteiger partial charge in [-0.25, -0.2) is 0 Å². The minimum atomic E-state index is -0.741. The second-order valence-electron chi connectivity index (χ2n) is 9.41. The lowest BCUT2D eigenvalue weighted by Crippen LogP contribution is -2.34. The molecule has 9 heteroatoms. The van der Waals surface area contributed by atoms with Crippen molar-refractivity contribution in [2.24, 2.45) is 5.92 Å². The lowest BCUT2D eigenvalue weighted by Gasteiger charge is -2.26. The van der Waals surface area contributed by atoms with Crippen molar-refractivity contribution in [2.75, 3.05) is 13.1 Å². The third kappa shape index (κ3) is 8.48. The van der Waals surface area contributed by atoms with E-state index in [2.05, 4.69) is 10.6 Å². The van der Waals surface area contributed by atoms with Crippen LogP contribution in [0.3, 0.4) is 0 Å². The first-order valence-corrected chi connectivity index (χ1v) is 13.3. The number of rotatable bonds is 11. The largest absolute Gasteiger partial charge is 0.490 e. The van der Waals surface area contributed by atoms with Gasteiger partial charge in [-0.2, -0.15) is 0 Å². The van der Waals surface area contributed by atoms with E-state index in [4.69, 9.17) is 26.2 Å². The molecule has 8 nitrogen and oxygen atoms in total. The number of hydrogen-bond donors (Lipinski definition) is 3. The van der Waals surface area contributed by atoms with Gasteiger partial charge in [-0.05, 0) is 91.9 Å². The summed E-state index contributed by atoms with van der Waals surface area (Å²) < 4.78 is 11.7. The van der Waals surface area contributed by atoms with Gasteiger partial charge in [0.05, 0.1) is 12.0 Å². The summed E-state index contributed by atoms with van der Waals surface area (Å²) in [6.07, 6.45) is 2.62. The summed E-state index contributed by atoms with van der Waals surface area (Å²) in [5, 5.41) is 15.4. The number of ether oxygens (including phenoxy) is 2. The number of nitrogens with one attached hydrogen (secondary N) is 2. The average Bonchev–Trinajstić information content (AvgIpc) is 2.96. The Morgan fingerprint density at radius 1 is 0.744 bits per heavy atom. The van der Waals surface area contributed by atoms with Gasteiger partial charge in [0.1, 0.15) is 18.1 Å². The number of amides is 2. The Kier molecular flexibility index (Phi) is 9.80. The Hall–Kier alpha value is -4.04. The van der Waals surface area contributed by atoms with E-state index in [0.717, 1.165) is 5.56 Å². The standard InChI is InChI=1S/C30H31ClN2O6/c31-24-9-1-20(2-10-24)19-38-25-11-3-21(4-12-25)28(34)32-17-18-33-29(35)22-5-13-26(14-6-22)39-27-15-7-23(8-16-27)30(36)37/h1-6,9-14,23,27H,7-8,15-19H2,(H,32,34)(H,33,35)(H,36,37). The molecule has 39 heavy (non-hydrogen) atoms.